The van der Waals surface area contributed by atoms with E-state index >= 15 is 0 Å². The van der Waals surface area contributed by atoms with E-state index in [-0.39, 0.29) is 22.1 Å². The molecular weight excluding hydrogens is 492 g/mol. The van der Waals surface area contributed by atoms with E-state index < -0.39 is 11.6 Å². The summed E-state index contributed by atoms with van der Waals surface area (Å²) in [6.45, 7) is 0. The van der Waals surface area contributed by atoms with Crippen molar-refractivity contribution in [3.63, 3.8) is 0 Å². The van der Waals surface area contributed by atoms with Crippen LogP contribution in [0, 0.1) is 17.0 Å². The summed E-state index contributed by atoms with van der Waals surface area (Å²) < 4.78 is 28.3. The molecule has 3 rings (SSSR count). The van der Waals surface area contributed by atoms with Gasteiger partial charge < -0.3 is 5.09 Å². The Morgan fingerprint density at radius 1 is 1.15 bits per heavy atom. The Morgan fingerprint density at radius 2 is 1.88 bits per heavy atom. The summed E-state index contributed by atoms with van der Waals surface area (Å²) in [4.78, 5) is 8.03. The molecule has 9 heteroatoms. The average Bonchev–Trinajstić information content (AvgIpc) is 2.62. The van der Waals surface area contributed by atoms with Gasteiger partial charge in [0.25, 0.3) is 0 Å². The second-order valence-electron chi connectivity index (χ2n) is 5.18. The summed E-state index contributed by atoms with van der Waals surface area (Å²) in [6, 6.07) is 8.57. The van der Waals surface area contributed by atoms with Crippen LogP contribution in [-0.2, 0) is 0 Å². The van der Waals surface area contributed by atoms with Gasteiger partial charge in [0.2, 0.25) is 0 Å². The van der Waals surface area contributed by atoms with Crippen molar-refractivity contribution in [1.82, 2.24) is 9.97 Å². The number of aromatic nitrogens is 2. The van der Waals surface area contributed by atoms with Gasteiger partial charge in [-0.05, 0) is 51.9 Å². The Hall–Kier alpha value is -1.70. The first-order chi connectivity index (χ1) is 12.5. The Labute approximate surface area is 168 Å². The lowest BCUT2D eigenvalue weighted by molar-refractivity contribution is 0.589. The Balaban J connectivity index is 2.15. The molecule has 0 saturated heterocycles. The lowest BCUT2D eigenvalue weighted by atomic mass is 9.97. The minimum absolute atomic E-state index is 0.0516. The zero-order chi connectivity index (χ0) is 18.7. The highest BCUT2D eigenvalue weighted by Gasteiger charge is 2.17. The van der Waals surface area contributed by atoms with Crippen molar-refractivity contribution in [2.45, 2.75) is 0 Å². The third-order valence-electron chi connectivity index (χ3n) is 3.58. The highest BCUT2D eigenvalue weighted by Crippen LogP contribution is 2.33. The number of nitrogens with one attached hydrogen (secondary N) is 2. The van der Waals surface area contributed by atoms with E-state index in [1.165, 1.54) is 30.6 Å². The molecule has 0 spiro atoms. The number of rotatable bonds is 5. The molecule has 1 aromatic heterocycles. The van der Waals surface area contributed by atoms with Crippen molar-refractivity contribution in [2.24, 2.45) is 0 Å². The lowest BCUT2D eigenvalue weighted by Gasteiger charge is -2.14. The Bertz CT molecular complexity index is 966. The molecule has 4 nitrogen and oxygen atoms in total. The standard InChI is InChI=1S/C17H11ClF2IN4P/c18-15-8-23-7-14(24-15)17(22)10-6-9(4-5-13(10)25-26-21)16-11(19)2-1-3-12(16)20/h1-8,22,25-26H. The maximum Gasteiger partial charge on any atom is 0.148 e. The quantitative estimate of drug-likeness (QED) is 0.262. The van der Waals surface area contributed by atoms with Gasteiger partial charge in [-0.15, -0.1) is 0 Å². The molecule has 0 aliphatic rings. The first-order valence-electron chi connectivity index (χ1n) is 7.28. The van der Waals surface area contributed by atoms with Crippen LogP contribution in [0.4, 0.5) is 14.5 Å². The van der Waals surface area contributed by atoms with E-state index in [1.54, 1.807) is 18.2 Å². The molecule has 0 fully saturated rings. The number of nitrogens with zero attached hydrogens (tertiary/aromatic N) is 2. The van der Waals surface area contributed by atoms with Gasteiger partial charge in [-0.2, -0.15) is 0 Å². The fourth-order valence-corrected chi connectivity index (χ4v) is 3.78. The molecule has 0 saturated carbocycles. The van der Waals surface area contributed by atoms with E-state index in [4.69, 9.17) is 17.0 Å². The zero-order valence-corrected chi connectivity index (χ0v) is 16.9. The highest BCUT2D eigenvalue weighted by molar-refractivity contribution is 14.2. The molecular formula is C17H11ClF2IN4P. The van der Waals surface area contributed by atoms with Crippen LogP contribution in [0.25, 0.3) is 11.1 Å². The lowest BCUT2D eigenvalue weighted by Crippen LogP contribution is -2.08. The zero-order valence-electron chi connectivity index (χ0n) is 13.0. The van der Waals surface area contributed by atoms with Gasteiger partial charge in [-0.25, -0.2) is 13.8 Å². The van der Waals surface area contributed by atoms with Crippen LogP contribution in [0.3, 0.4) is 0 Å². The molecule has 26 heavy (non-hydrogen) atoms. The number of hydrogen-bond donors (Lipinski definition) is 2. The normalized spacial score (nSPS) is 11.1. The number of halogens is 4. The number of anilines is 1. The third-order valence-corrected chi connectivity index (χ3v) is 4.94. The fraction of sp³-hybridized carbons (Fsp3) is 0. The number of hydrogen-bond acceptors (Lipinski definition) is 4. The SMILES string of the molecule is N=C(c1cncc(Cl)n1)c1cc(-c2c(F)cccc2F)ccc1NPI. The molecule has 3 aromatic rings. The van der Waals surface area contributed by atoms with Gasteiger partial charge >= 0.3 is 0 Å². The molecule has 0 aliphatic heterocycles. The molecule has 0 radical (unpaired) electrons. The van der Waals surface area contributed by atoms with Crippen LogP contribution in [0.2, 0.25) is 5.15 Å². The van der Waals surface area contributed by atoms with E-state index in [1.807, 2.05) is 0 Å². The Kier molecular flexibility index (Phi) is 6.11. The van der Waals surface area contributed by atoms with Crippen molar-refractivity contribution in [3.8, 4) is 11.1 Å². The molecule has 0 aliphatic carbocycles. The molecule has 0 amide bonds. The third kappa shape index (κ3) is 4.00. The molecule has 132 valence electrons. The molecule has 1 heterocycles. The highest BCUT2D eigenvalue weighted by atomic mass is 127. The van der Waals surface area contributed by atoms with Crippen LogP contribution in [0.15, 0.2) is 48.8 Å². The maximum atomic E-state index is 14.1. The summed E-state index contributed by atoms with van der Waals surface area (Å²) in [5.41, 5.74) is 1.62. The van der Waals surface area contributed by atoms with E-state index in [0.717, 1.165) is 0 Å². The predicted molar refractivity (Wildman–Crippen MR) is 111 cm³/mol. The van der Waals surface area contributed by atoms with Gasteiger partial charge in [0.15, 0.2) is 0 Å². The van der Waals surface area contributed by atoms with Crippen molar-refractivity contribution in [3.05, 3.63) is 76.8 Å². The second-order valence-corrected chi connectivity index (χ2v) is 7.62. The van der Waals surface area contributed by atoms with Gasteiger partial charge in [0.05, 0.1) is 23.7 Å². The average molecular weight is 503 g/mol. The number of benzene rings is 2. The van der Waals surface area contributed by atoms with Crippen LogP contribution in [0.5, 0.6) is 0 Å². The molecule has 2 aromatic carbocycles. The van der Waals surface area contributed by atoms with Crippen LogP contribution in [-0.4, -0.2) is 15.7 Å². The summed E-state index contributed by atoms with van der Waals surface area (Å²) >= 11 is 8.02. The summed E-state index contributed by atoms with van der Waals surface area (Å²) in [5, 5.41) is 11.8. The molecule has 0 bridgehead atoms. The fourth-order valence-electron chi connectivity index (χ4n) is 2.44. The largest absolute Gasteiger partial charge is 0.358 e. The minimum atomic E-state index is -0.665. The first kappa shape index (κ1) is 19.1. The van der Waals surface area contributed by atoms with Gasteiger partial charge in [0, 0.05) is 17.6 Å². The Morgan fingerprint density at radius 3 is 2.54 bits per heavy atom. The molecule has 1 atom stereocenters. The first-order valence-corrected chi connectivity index (χ1v) is 11.8. The summed E-state index contributed by atoms with van der Waals surface area (Å²) in [6.07, 6.45) is 3.14. The summed E-state index contributed by atoms with van der Waals surface area (Å²) in [5.74, 6) is -1.33. The molecule has 2 N–H and O–H groups in total. The predicted octanol–water partition coefficient (Wildman–Crippen LogP) is 5.85. The van der Waals surface area contributed by atoms with Crippen LogP contribution < -0.4 is 5.09 Å². The van der Waals surface area contributed by atoms with Crippen LogP contribution >= 0.6 is 40.0 Å². The molecule has 1 unspecified atom stereocenters. The van der Waals surface area contributed by atoms with E-state index in [2.05, 4.69) is 37.1 Å². The van der Waals surface area contributed by atoms with Gasteiger partial charge in [-0.1, -0.05) is 23.7 Å². The van der Waals surface area contributed by atoms with Crippen molar-refractivity contribution >= 4 is 51.4 Å². The van der Waals surface area contributed by atoms with Crippen molar-refractivity contribution < 1.29 is 8.78 Å². The topological polar surface area (TPSA) is 61.7 Å². The minimum Gasteiger partial charge on any atom is -0.358 e. The van der Waals surface area contributed by atoms with Crippen LogP contribution in [0.1, 0.15) is 11.3 Å². The van der Waals surface area contributed by atoms with Gasteiger partial charge in [0.1, 0.15) is 22.5 Å². The van der Waals surface area contributed by atoms with Gasteiger partial charge in [-0.3, -0.25) is 10.4 Å². The smallest absolute Gasteiger partial charge is 0.148 e. The van der Waals surface area contributed by atoms with E-state index in [0.29, 0.717) is 23.2 Å². The monoisotopic (exact) mass is 502 g/mol. The summed E-state index contributed by atoms with van der Waals surface area (Å²) in [7, 11) is 0. The second kappa shape index (κ2) is 8.33. The van der Waals surface area contributed by atoms with E-state index in [9.17, 15) is 8.78 Å². The maximum absolute atomic E-state index is 14.1. The van der Waals surface area contributed by atoms with Crippen molar-refractivity contribution in [2.75, 3.05) is 5.09 Å². The van der Waals surface area contributed by atoms with Crippen molar-refractivity contribution in [1.29, 1.82) is 5.41 Å².